The van der Waals surface area contributed by atoms with E-state index in [0.717, 1.165) is 5.56 Å². The van der Waals surface area contributed by atoms with Crippen LogP contribution in [0.5, 0.6) is 5.75 Å². The molecule has 0 aliphatic rings. The molecule has 0 aliphatic carbocycles. The number of carbonyl (C=O) groups is 1. The Hall–Kier alpha value is -2.01. The molecule has 0 bridgehead atoms. The fourth-order valence-corrected chi connectivity index (χ4v) is 1.84. The third kappa shape index (κ3) is 3.99. The van der Waals surface area contributed by atoms with Crippen molar-refractivity contribution in [1.29, 1.82) is 0 Å². The van der Waals surface area contributed by atoms with Crippen LogP contribution in [0.25, 0.3) is 0 Å². The summed E-state index contributed by atoms with van der Waals surface area (Å²) in [6.07, 6.45) is -0.540. The van der Waals surface area contributed by atoms with Crippen LogP contribution in [0.4, 0.5) is 10.5 Å². The number of rotatable bonds is 3. The van der Waals surface area contributed by atoms with Gasteiger partial charge in [0.1, 0.15) is 12.4 Å². The lowest BCUT2D eigenvalue weighted by Gasteiger charge is -2.07. The van der Waals surface area contributed by atoms with Gasteiger partial charge in [-0.3, -0.25) is 5.32 Å². The average molecular weight is 322 g/mol. The average Bonchev–Trinajstić information content (AvgIpc) is 2.42. The first-order valence-corrected chi connectivity index (χ1v) is 6.40. The van der Waals surface area contributed by atoms with Gasteiger partial charge in [0.15, 0.2) is 0 Å². The molecule has 2 aromatic rings. The van der Waals surface area contributed by atoms with Gasteiger partial charge < -0.3 is 9.84 Å². The van der Waals surface area contributed by atoms with Gasteiger partial charge in [-0.05, 0) is 39.7 Å². The highest BCUT2D eigenvalue weighted by Crippen LogP contribution is 2.26. The Balaban J connectivity index is 1.89. The van der Waals surface area contributed by atoms with Gasteiger partial charge in [0.25, 0.3) is 0 Å². The van der Waals surface area contributed by atoms with E-state index in [1.54, 1.807) is 12.1 Å². The minimum atomic E-state index is -0.540. The van der Waals surface area contributed by atoms with Crippen LogP contribution in [0.15, 0.2) is 53.0 Å². The molecule has 0 heterocycles. The molecule has 5 heteroatoms. The molecule has 2 aromatic carbocycles. The third-order valence-corrected chi connectivity index (χ3v) is 3.04. The summed E-state index contributed by atoms with van der Waals surface area (Å²) in [6, 6.07) is 14.1. The minimum absolute atomic E-state index is 0.114. The molecule has 2 N–H and O–H groups in total. The number of nitrogens with one attached hydrogen (secondary N) is 1. The van der Waals surface area contributed by atoms with Gasteiger partial charge in [-0.15, -0.1) is 0 Å². The highest BCUT2D eigenvalue weighted by Gasteiger charge is 2.05. The topological polar surface area (TPSA) is 58.6 Å². The number of halogens is 1. The summed E-state index contributed by atoms with van der Waals surface area (Å²) in [4.78, 5) is 11.6. The van der Waals surface area contributed by atoms with Gasteiger partial charge in [0, 0.05) is 5.69 Å². The Labute approximate surface area is 119 Å². The second-order valence-corrected chi connectivity index (χ2v) is 4.71. The van der Waals surface area contributed by atoms with Crippen LogP contribution in [0.3, 0.4) is 0 Å². The molecule has 0 fully saturated rings. The van der Waals surface area contributed by atoms with Gasteiger partial charge in [0.05, 0.1) is 4.47 Å². The molecule has 0 saturated carbocycles. The highest BCUT2D eigenvalue weighted by molar-refractivity contribution is 9.10. The SMILES string of the molecule is O=C(Nc1ccc(O)c(Br)c1)OCc1ccccc1. The van der Waals surface area contributed by atoms with Crippen LogP contribution in [-0.2, 0) is 11.3 Å². The zero-order chi connectivity index (χ0) is 13.7. The number of benzene rings is 2. The first kappa shape index (κ1) is 13.4. The Bertz CT molecular complexity index is 572. The van der Waals surface area contributed by atoms with E-state index in [0.29, 0.717) is 10.2 Å². The Kier molecular flexibility index (Phi) is 4.41. The summed E-state index contributed by atoms with van der Waals surface area (Å²) < 4.78 is 5.58. The fraction of sp³-hybridized carbons (Fsp3) is 0.0714. The van der Waals surface area contributed by atoms with Crippen molar-refractivity contribution in [2.24, 2.45) is 0 Å². The number of anilines is 1. The molecule has 4 nitrogen and oxygen atoms in total. The van der Waals surface area contributed by atoms with Crippen molar-refractivity contribution in [3.63, 3.8) is 0 Å². The molecule has 0 unspecified atom stereocenters. The van der Waals surface area contributed by atoms with E-state index in [2.05, 4.69) is 21.2 Å². The van der Waals surface area contributed by atoms with E-state index >= 15 is 0 Å². The normalized spacial score (nSPS) is 9.95. The lowest BCUT2D eigenvalue weighted by Crippen LogP contribution is -2.13. The largest absolute Gasteiger partial charge is 0.507 e. The molecule has 0 radical (unpaired) electrons. The number of hydrogen-bond acceptors (Lipinski definition) is 3. The van der Waals surface area contributed by atoms with E-state index in [-0.39, 0.29) is 12.4 Å². The number of phenolic OH excluding ortho intramolecular Hbond substituents is 1. The predicted molar refractivity (Wildman–Crippen MR) is 76.1 cm³/mol. The van der Waals surface area contributed by atoms with Crippen LogP contribution >= 0.6 is 15.9 Å². The van der Waals surface area contributed by atoms with Crippen molar-refractivity contribution in [3.05, 3.63) is 58.6 Å². The van der Waals surface area contributed by atoms with Crippen molar-refractivity contribution >= 4 is 27.7 Å². The molecule has 0 spiro atoms. The van der Waals surface area contributed by atoms with Gasteiger partial charge >= 0.3 is 6.09 Å². The Morgan fingerprint density at radius 2 is 1.95 bits per heavy atom. The lowest BCUT2D eigenvalue weighted by atomic mass is 10.2. The predicted octanol–water partition coefficient (Wildman–Crippen LogP) is 3.90. The number of ether oxygens (including phenoxy) is 1. The summed E-state index contributed by atoms with van der Waals surface area (Å²) >= 11 is 3.17. The quantitative estimate of drug-likeness (QED) is 0.843. The molecule has 2 rings (SSSR count). The first-order valence-electron chi connectivity index (χ1n) is 5.61. The second-order valence-electron chi connectivity index (χ2n) is 3.85. The summed E-state index contributed by atoms with van der Waals surface area (Å²) in [5, 5.41) is 11.9. The number of aromatic hydroxyl groups is 1. The summed E-state index contributed by atoms with van der Waals surface area (Å²) in [7, 11) is 0. The Morgan fingerprint density at radius 3 is 2.63 bits per heavy atom. The second kappa shape index (κ2) is 6.24. The van der Waals surface area contributed by atoms with Crippen LogP contribution in [0.2, 0.25) is 0 Å². The van der Waals surface area contributed by atoms with Crippen LogP contribution < -0.4 is 5.32 Å². The molecule has 1 amide bonds. The summed E-state index contributed by atoms with van der Waals surface area (Å²) in [6.45, 7) is 0.214. The van der Waals surface area contributed by atoms with E-state index in [1.165, 1.54) is 6.07 Å². The van der Waals surface area contributed by atoms with Crippen molar-refractivity contribution in [2.75, 3.05) is 5.32 Å². The first-order chi connectivity index (χ1) is 9.15. The van der Waals surface area contributed by atoms with Crippen molar-refractivity contribution in [3.8, 4) is 5.75 Å². The zero-order valence-electron chi connectivity index (χ0n) is 9.97. The smallest absolute Gasteiger partial charge is 0.411 e. The maximum absolute atomic E-state index is 11.6. The number of hydrogen-bond donors (Lipinski definition) is 2. The van der Waals surface area contributed by atoms with Crippen molar-refractivity contribution < 1.29 is 14.6 Å². The van der Waals surface area contributed by atoms with Crippen LogP contribution in [-0.4, -0.2) is 11.2 Å². The van der Waals surface area contributed by atoms with Crippen molar-refractivity contribution in [2.45, 2.75) is 6.61 Å². The maximum Gasteiger partial charge on any atom is 0.411 e. The monoisotopic (exact) mass is 321 g/mol. The minimum Gasteiger partial charge on any atom is -0.507 e. The number of amides is 1. The van der Waals surface area contributed by atoms with Crippen LogP contribution in [0.1, 0.15) is 5.56 Å². The molecule has 0 saturated heterocycles. The van der Waals surface area contributed by atoms with Crippen LogP contribution in [0, 0.1) is 0 Å². The van der Waals surface area contributed by atoms with Gasteiger partial charge in [0.2, 0.25) is 0 Å². The lowest BCUT2D eigenvalue weighted by molar-refractivity contribution is 0.155. The summed E-state index contributed by atoms with van der Waals surface area (Å²) in [5.74, 6) is 0.114. The van der Waals surface area contributed by atoms with E-state index in [1.807, 2.05) is 30.3 Å². The van der Waals surface area contributed by atoms with Crippen molar-refractivity contribution in [1.82, 2.24) is 0 Å². The molecule has 19 heavy (non-hydrogen) atoms. The van der Waals surface area contributed by atoms with Gasteiger partial charge in [-0.25, -0.2) is 4.79 Å². The van der Waals surface area contributed by atoms with E-state index in [9.17, 15) is 9.90 Å². The van der Waals surface area contributed by atoms with Gasteiger partial charge in [-0.1, -0.05) is 30.3 Å². The molecular weight excluding hydrogens is 310 g/mol. The zero-order valence-corrected chi connectivity index (χ0v) is 11.6. The van der Waals surface area contributed by atoms with Gasteiger partial charge in [-0.2, -0.15) is 0 Å². The molecular formula is C14H12BrNO3. The maximum atomic E-state index is 11.6. The van der Waals surface area contributed by atoms with E-state index < -0.39 is 6.09 Å². The standard InChI is InChI=1S/C14H12BrNO3/c15-12-8-11(6-7-13(12)17)16-14(18)19-9-10-4-2-1-3-5-10/h1-8,17H,9H2,(H,16,18). The molecule has 0 aromatic heterocycles. The molecule has 0 atom stereocenters. The number of carbonyl (C=O) groups excluding carboxylic acids is 1. The molecule has 0 aliphatic heterocycles. The molecule has 98 valence electrons. The third-order valence-electron chi connectivity index (χ3n) is 2.41. The Morgan fingerprint density at radius 1 is 1.21 bits per heavy atom. The van der Waals surface area contributed by atoms with E-state index in [4.69, 9.17) is 4.74 Å². The highest BCUT2D eigenvalue weighted by atomic mass is 79.9. The number of phenols is 1. The fourth-order valence-electron chi connectivity index (χ4n) is 1.46. The summed E-state index contributed by atoms with van der Waals surface area (Å²) in [5.41, 5.74) is 1.47.